The van der Waals surface area contributed by atoms with Gasteiger partial charge in [-0.3, -0.25) is 4.79 Å². The van der Waals surface area contributed by atoms with E-state index in [1.54, 1.807) is 0 Å². The van der Waals surface area contributed by atoms with E-state index in [0.717, 1.165) is 0 Å². The summed E-state index contributed by atoms with van der Waals surface area (Å²) < 4.78 is 1.28. The van der Waals surface area contributed by atoms with Crippen LogP contribution in [0.15, 0.2) is 23.1 Å². The topological polar surface area (TPSA) is 85.3 Å². The Balaban J connectivity index is 3.19. The number of carbonyl (C=O) groups is 1. The van der Waals surface area contributed by atoms with Crippen molar-refractivity contribution in [1.82, 2.24) is 4.57 Å². The number of aromatic nitrogens is 1. The summed E-state index contributed by atoms with van der Waals surface area (Å²) in [4.78, 5) is 21.9. The number of carboxylic acids is 1. The summed E-state index contributed by atoms with van der Waals surface area (Å²) in [6.07, 6.45) is 1.52. The third-order valence-corrected chi connectivity index (χ3v) is 1.62. The Morgan fingerprint density at radius 3 is 2.85 bits per heavy atom. The second-order valence-electron chi connectivity index (χ2n) is 2.51. The van der Waals surface area contributed by atoms with Gasteiger partial charge in [0, 0.05) is 19.3 Å². The first-order chi connectivity index (χ1) is 6.16. The first-order valence-electron chi connectivity index (χ1n) is 3.79. The highest BCUT2D eigenvalue weighted by Crippen LogP contribution is 1.91. The standard InChI is InChI=1S/C8H10N2O3/c9-3-5-10-4-1-2-6(7(10)11)8(12)13/h1-2,4H,3,5,9H2,(H,12,13). The number of carboxylic acid groups (broad SMARTS) is 1. The summed E-state index contributed by atoms with van der Waals surface area (Å²) >= 11 is 0. The van der Waals surface area contributed by atoms with Crippen LogP contribution in [-0.4, -0.2) is 22.2 Å². The van der Waals surface area contributed by atoms with Crippen molar-refractivity contribution < 1.29 is 9.90 Å². The molecule has 0 aliphatic rings. The summed E-state index contributed by atoms with van der Waals surface area (Å²) in [5, 5.41) is 8.61. The van der Waals surface area contributed by atoms with Crippen LogP contribution in [0, 0.1) is 0 Å². The average Bonchev–Trinajstić information content (AvgIpc) is 2.08. The molecule has 70 valence electrons. The third kappa shape index (κ3) is 1.94. The average molecular weight is 182 g/mol. The van der Waals surface area contributed by atoms with E-state index in [2.05, 4.69) is 0 Å². The van der Waals surface area contributed by atoms with Crippen LogP contribution in [0.5, 0.6) is 0 Å². The predicted octanol–water partition coefficient (Wildman–Crippen LogP) is -0.495. The highest BCUT2D eigenvalue weighted by Gasteiger charge is 2.08. The number of hydrogen-bond acceptors (Lipinski definition) is 3. The fraction of sp³-hybridized carbons (Fsp3) is 0.250. The van der Waals surface area contributed by atoms with Crippen molar-refractivity contribution in [2.45, 2.75) is 6.54 Å². The van der Waals surface area contributed by atoms with Gasteiger partial charge in [-0.2, -0.15) is 0 Å². The van der Waals surface area contributed by atoms with Crippen molar-refractivity contribution >= 4 is 5.97 Å². The fourth-order valence-corrected chi connectivity index (χ4v) is 1.01. The van der Waals surface area contributed by atoms with Gasteiger partial charge in [0.2, 0.25) is 0 Å². The van der Waals surface area contributed by atoms with Crippen molar-refractivity contribution in [3.05, 3.63) is 34.2 Å². The molecule has 0 spiro atoms. The third-order valence-electron chi connectivity index (χ3n) is 1.62. The zero-order valence-corrected chi connectivity index (χ0v) is 6.93. The fourth-order valence-electron chi connectivity index (χ4n) is 1.01. The first kappa shape index (κ1) is 9.47. The first-order valence-corrected chi connectivity index (χ1v) is 3.79. The molecular weight excluding hydrogens is 172 g/mol. The Labute approximate surface area is 74.4 Å². The van der Waals surface area contributed by atoms with Crippen LogP contribution in [0.1, 0.15) is 10.4 Å². The largest absolute Gasteiger partial charge is 0.477 e. The van der Waals surface area contributed by atoms with E-state index in [4.69, 9.17) is 10.8 Å². The molecule has 0 atom stereocenters. The van der Waals surface area contributed by atoms with Crippen LogP contribution in [0.3, 0.4) is 0 Å². The van der Waals surface area contributed by atoms with E-state index in [1.165, 1.54) is 22.9 Å². The maximum atomic E-state index is 11.3. The lowest BCUT2D eigenvalue weighted by Gasteiger charge is -2.03. The minimum absolute atomic E-state index is 0.226. The van der Waals surface area contributed by atoms with Crippen LogP contribution >= 0.6 is 0 Å². The summed E-state index contributed by atoms with van der Waals surface area (Å²) in [6, 6.07) is 2.79. The quantitative estimate of drug-likeness (QED) is 0.660. The van der Waals surface area contributed by atoms with Crippen molar-refractivity contribution in [3.63, 3.8) is 0 Å². The summed E-state index contributed by atoms with van der Waals surface area (Å²) in [5.41, 5.74) is 4.51. The number of aromatic carboxylic acids is 1. The molecule has 0 saturated carbocycles. The molecular formula is C8H10N2O3. The lowest BCUT2D eigenvalue weighted by molar-refractivity contribution is 0.0694. The van der Waals surface area contributed by atoms with Gasteiger partial charge in [-0.1, -0.05) is 0 Å². The smallest absolute Gasteiger partial charge is 0.341 e. The Morgan fingerprint density at radius 1 is 1.62 bits per heavy atom. The number of hydrogen-bond donors (Lipinski definition) is 2. The van der Waals surface area contributed by atoms with Crippen molar-refractivity contribution in [3.8, 4) is 0 Å². The number of nitrogens with two attached hydrogens (primary N) is 1. The van der Waals surface area contributed by atoms with Gasteiger partial charge in [0.25, 0.3) is 5.56 Å². The van der Waals surface area contributed by atoms with Crippen molar-refractivity contribution in [2.75, 3.05) is 6.54 Å². The number of rotatable bonds is 3. The minimum Gasteiger partial charge on any atom is -0.477 e. The second kappa shape index (κ2) is 3.86. The van der Waals surface area contributed by atoms with Gasteiger partial charge in [-0.25, -0.2) is 4.79 Å². The zero-order valence-electron chi connectivity index (χ0n) is 6.93. The molecule has 1 aromatic rings. The predicted molar refractivity (Wildman–Crippen MR) is 46.7 cm³/mol. The molecule has 0 amide bonds. The number of nitrogens with zero attached hydrogens (tertiary/aromatic N) is 1. The minimum atomic E-state index is -1.21. The van der Waals surface area contributed by atoms with Crippen molar-refractivity contribution in [1.29, 1.82) is 0 Å². The van der Waals surface area contributed by atoms with Crippen LogP contribution in [0.25, 0.3) is 0 Å². The Bertz CT molecular complexity index is 370. The SMILES string of the molecule is NCCn1cccc(C(=O)O)c1=O. The summed E-state index contributed by atoms with van der Waals surface area (Å²) in [5.74, 6) is -1.21. The molecule has 0 aromatic carbocycles. The molecule has 0 aliphatic carbocycles. The lowest BCUT2D eigenvalue weighted by atomic mass is 10.3. The van der Waals surface area contributed by atoms with E-state index < -0.39 is 11.5 Å². The summed E-state index contributed by atoms with van der Waals surface area (Å²) in [6.45, 7) is 0.642. The van der Waals surface area contributed by atoms with Crippen LogP contribution in [0.4, 0.5) is 0 Å². The van der Waals surface area contributed by atoms with E-state index >= 15 is 0 Å². The van der Waals surface area contributed by atoms with Crippen LogP contribution in [0.2, 0.25) is 0 Å². The van der Waals surface area contributed by atoms with E-state index in [0.29, 0.717) is 13.1 Å². The van der Waals surface area contributed by atoms with Gasteiger partial charge in [0.05, 0.1) is 0 Å². The van der Waals surface area contributed by atoms with Gasteiger partial charge in [0.1, 0.15) is 5.56 Å². The summed E-state index contributed by atoms with van der Waals surface area (Å²) in [7, 11) is 0. The van der Waals surface area contributed by atoms with E-state index in [-0.39, 0.29) is 5.56 Å². The molecule has 13 heavy (non-hydrogen) atoms. The van der Waals surface area contributed by atoms with Gasteiger partial charge >= 0.3 is 5.97 Å². The van der Waals surface area contributed by atoms with Gasteiger partial charge in [-0.05, 0) is 12.1 Å². The molecule has 0 fully saturated rings. The lowest BCUT2D eigenvalue weighted by Crippen LogP contribution is -2.28. The molecule has 5 nitrogen and oxygen atoms in total. The molecule has 0 aliphatic heterocycles. The van der Waals surface area contributed by atoms with Gasteiger partial charge in [0.15, 0.2) is 0 Å². The molecule has 1 rings (SSSR count). The maximum Gasteiger partial charge on any atom is 0.341 e. The Kier molecular flexibility index (Phi) is 2.81. The second-order valence-corrected chi connectivity index (χ2v) is 2.51. The molecule has 0 saturated heterocycles. The normalized spacial score (nSPS) is 9.92. The van der Waals surface area contributed by atoms with Crippen molar-refractivity contribution in [2.24, 2.45) is 5.73 Å². The molecule has 5 heteroatoms. The van der Waals surface area contributed by atoms with E-state index in [9.17, 15) is 9.59 Å². The number of pyridine rings is 1. The zero-order chi connectivity index (χ0) is 9.84. The van der Waals surface area contributed by atoms with Crippen LogP contribution < -0.4 is 11.3 Å². The van der Waals surface area contributed by atoms with Gasteiger partial charge in [-0.15, -0.1) is 0 Å². The maximum absolute atomic E-state index is 11.3. The highest BCUT2D eigenvalue weighted by atomic mass is 16.4. The highest BCUT2D eigenvalue weighted by molar-refractivity contribution is 5.86. The molecule has 0 bridgehead atoms. The molecule has 1 heterocycles. The van der Waals surface area contributed by atoms with Crippen LogP contribution in [-0.2, 0) is 6.54 Å². The molecule has 0 radical (unpaired) electrons. The molecule has 3 N–H and O–H groups in total. The van der Waals surface area contributed by atoms with Gasteiger partial charge < -0.3 is 15.4 Å². The van der Waals surface area contributed by atoms with E-state index in [1.807, 2.05) is 0 Å². The monoisotopic (exact) mass is 182 g/mol. The molecule has 0 unspecified atom stereocenters. The Morgan fingerprint density at radius 2 is 2.31 bits per heavy atom. The molecule has 1 aromatic heterocycles. The Hall–Kier alpha value is -1.62.